The first kappa shape index (κ1) is 17.1. The molecule has 0 aliphatic carbocycles. The third-order valence-corrected chi connectivity index (χ3v) is 4.05. The molecule has 132 valence electrons. The highest BCUT2D eigenvalue weighted by Gasteiger charge is 2.58. The summed E-state index contributed by atoms with van der Waals surface area (Å²) in [5, 5.41) is 0. The van der Waals surface area contributed by atoms with Crippen molar-refractivity contribution >= 4 is 0 Å². The van der Waals surface area contributed by atoms with Crippen molar-refractivity contribution in [3.05, 3.63) is 12.8 Å². The van der Waals surface area contributed by atoms with Crippen molar-refractivity contribution in [1.29, 1.82) is 0 Å². The maximum Gasteiger partial charge on any atom is 0.190 e. The van der Waals surface area contributed by atoms with Crippen LogP contribution in [0.5, 0.6) is 0 Å². The largest absolute Gasteiger partial charge is 0.499 e. The minimum Gasteiger partial charge on any atom is -0.499 e. The number of rotatable bonds is 6. The highest BCUT2D eigenvalue weighted by molar-refractivity contribution is 4.98. The van der Waals surface area contributed by atoms with Crippen LogP contribution in [0.1, 0.15) is 27.7 Å². The second-order valence-electron chi connectivity index (χ2n) is 6.81. The van der Waals surface area contributed by atoms with Gasteiger partial charge in [-0.1, -0.05) is 6.58 Å². The quantitative estimate of drug-likeness (QED) is 0.541. The van der Waals surface area contributed by atoms with Crippen molar-refractivity contribution in [2.45, 2.75) is 70.0 Å². The van der Waals surface area contributed by atoms with Gasteiger partial charge in [-0.3, -0.25) is 0 Å². The monoisotopic (exact) mass is 330 g/mol. The van der Waals surface area contributed by atoms with Crippen molar-refractivity contribution in [2.24, 2.45) is 0 Å². The first-order chi connectivity index (χ1) is 10.8. The van der Waals surface area contributed by atoms with E-state index in [1.54, 1.807) is 0 Å². The predicted octanol–water partition coefficient (Wildman–Crippen LogP) is 1.56. The van der Waals surface area contributed by atoms with E-state index in [1.165, 1.54) is 6.26 Å². The van der Waals surface area contributed by atoms with Gasteiger partial charge in [0, 0.05) is 0 Å². The Morgan fingerprint density at radius 3 is 2.48 bits per heavy atom. The molecule has 0 aromatic heterocycles. The Balaban J connectivity index is 1.67. The van der Waals surface area contributed by atoms with E-state index in [2.05, 4.69) is 6.58 Å². The Labute approximate surface area is 136 Å². The van der Waals surface area contributed by atoms with Crippen LogP contribution in [0, 0.1) is 0 Å². The van der Waals surface area contributed by atoms with E-state index in [0.717, 1.165) is 0 Å². The molecule has 0 unspecified atom stereocenters. The molecule has 3 aliphatic rings. The van der Waals surface area contributed by atoms with Crippen LogP contribution in [0.4, 0.5) is 0 Å². The third kappa shape index (κ3) is 3.70. The summed E-state index contributed by atoms with van der Waals surface area (Å²) in [6.07, 6.45) is -0.219. The zero-order valence-corrected chi connectivity index (χ0v) is 14.2. The molecule has 0 aromatic carbocycles. The number of ether oxygens (including phenoxy) is 7. The molecule has 3 aliphatic heterocycles. The van der Waals surface area contributed by atoms with Crippen molar-refractivity contribution < 1.29 is 33.2 Å². The van der Waals surface area contributed by atoms with E-state index >= 15 is 0 Å². The smallest absolute Gasteiger partial charge is 0.190 e. The van der Waals surface area contributed by atoms with Gasteiger partial charge in [0.25, 0.3) is 0 Å². The maximum absolute atomic E-state index is 6.03. The lowest BCUT2D eigenvalue weighted by Crippen LogP contribution is -2.44. The second-order valence-corrected chi connectivity index (χ2v) is 6.81. The molecule has 3 heterocycles. The molecular weight excluding hydrogens is 304 g/mol. The van der Waals surface area contributed by atoms with Crippen LogP contribution in [-0.2, 0) is 33.2 Å². The Morgan fingerprint density at radius 1 is 1.04 bits per heavy atom. The molecule has 0 bridgehead atoms. The predicted molar refractivity (Wildman–Crippen MR) is 79.5 cm³/mol. The van der Waals surface area contributed by atoms with Crippen molar-refractivity contribution in [3.63, 3.8) is 0 Å². The molecule has 7 nitrogen and oxygen atoms in total. The van der Waals surface area contributed by atoms with E-state index in [4.69, 9.17) is 33.2 Å². The fourth-order valence-corrected chi connectivity index (χ4v) is 3.19. The van der Waals surface area contributed by atoms with Crippen LogP contribution >= 0.6 is 0 Å². The van der Waals surface area contributed by atoms with Crippen LogP contribution in [0.15, 0.2) is 12.8 Å². The number of fused-ring (bicyclic) bond motifs is 1. The summed E-state index contributed by atoms with van der Waals surface area (Å²) >= 11 is 0. The fraction of sp³-hybridized carbons (Fsp3) is 0.875. The topological polar surface area (TPSA) is 64.6 Å². The molecular formula is C16H26O7. The maximum atomic E-state index is 6.03. The van der Waals surface area contributed by atoms with Crippen molar-refractivity contribution in [1.82, 2.24) is 0 Å². The fourth-order valence-electron chi connectivity index (χ4n) is 3.19. The van der Waals surface area contributed by atoms with Crippen LogP contribution in [0.2, 0.25) is 0 Å². The summed E-state index contributed by atoms with van der Waals surface area (Å²) in [6, 6.07) is 0. The van der Waals surface area contributed by atoms with Gasteiger partial charge >= 0.3 is 0 Å². The lowest BCUT2D eigenvalue weighted by atomic mass is 10.1. The molecule has 0 spiro atoms. The normalized spacial score (nSPS) is 41.0. The molecule has 3 rings (SSSR count). The summed E-state index contributed by atoms with van der Waals surface area (Å²) in [6.45, 7) is 12.3. The van der Waals surface area contributed by atoms with Gasteiger partial charge in [-0.05, 0) is 27.7 Å². The average molecular weight is 330 g/mol. The minimum atomic E-state index is -0.689. The Hall–Kier alpha value is -0.700. The van der Waals surface area contributed by atoms with E-state index in [-0.39, 0.29) is 24.4 Å². The SMILES string of the molecule is C=COCCO[C@@H]1[C@H]2OC(C)(C)O[C@H]2O[C@@H]1[C@H]1COC(C)(C)O1. The lowest BCUT2D eigenvalue weighted by molar-refractivity contribution is -0.236. The van der Waals surface area contributed by atoms with Crippen LogP contribution in [0.25, 0.3) is 0 Å². The van der Waals surface area contributed by atoms with E-state index in [1.807, 2.05) is 27.7 Å². The summed E-state index contributed by atoms with van der Waals surface area (Å²) in [7, 11) is 0. The molecule has 7 heteroatoms. The molecule has 0 amide bonds. The first-order valence-electron chi connectivity index (χ1n) is 7.98. The Morgan fingerprint density at radius 2 is 1.83 bits per heavy atom. The van der Waals surface area contributed by atoms with Gasteiger partial charge < -0.3 is 33.2 Å². The molecule has 0 saturated carbocycles. The molecule has 3 fully saturated rings. The number of hydrogen-bond donors (Lipinski definition) is 0. The van der Waals surface area contributed by atoms with E-state index < -0.39 is 17.9 Å². The van der Waals surface area contributed by atoms with Gasteiger partial charge in [0.2, 0.25) is 0 Å². The summed E-state index contributed by atoms with van der Waals surface area (Å²) < 4.78 is 40.4. The summed E-state index contributed by atoms with van der Waals surface area (Å²) in [5.41, 5.74) is 0. The lowest BCUT2D eigenvalue weighted by Gasteiger charge is -2.29. The van der Waals surface area contributed by atoms with Gasteiger partial charge in [-0.2, -0.15) is 0 Å². The zero-order valence-electron chi connectivity index (χ0n) is 14.2. The molecule has 23 heavy (non-hydrogen) atoms. The van der Waals surface area contributed by atoms with Gasteiger partial charge in [0.05, 0.1) is 19.5 Å². The standard InChI is InChI=1S/C16H26O7/c1-6-17-7-8-18-12-11(10-9-19-15(2,3)21-10)20-14-13(12)22-16(4,5)23-14/h6,10-14H,1,7-9H2,2-5H3/t10-,11-,12+,13-,14-/m1/s1. The average Bonchev–Trinajstić information content (AvgIpc) is 3.05. The van der Waals surface area contributed by atoms with Gasteiger partial charge in [-0.25, -0.2) is 0 Å². The second kappa shape index (κ2) is 6.31. The van der Waals surface area contributed by atoms with Gasteiger partial charge in [0.15, 0.2) is 17.9 Å². The highest BCUT2D eigenvalue weighted by Crippen LogP contribution is 2.41. The molecule has 3 saturated heterocycles. The Bertz CT molecular complexity index is 436. The minimum absolute atomic E-state index is 0.226. The van der Waals surface area contributed by atoms with Crippen molar-refractivity contribution in [3.8, 4) is 0 Å². The highest BCUT2D eigenvalue weighted by atomic mass is 16.8. The molecule has 0 aromatic rings. The molecule has 5 atom stereocenters. The zero-order chi connectivity index (χ0) is 16.7. The van der Waals surface area contributed by atoms with Gasteiger partial charge in [-0.15, -0.1) is 0 Å². The third-order valence-electron chi connectivity index (χ3n) is 4.05. The summed E-state index contributed by atoms with van der Waals surface area (Å²) in [4.78, 5) is 0. The molecule has 0 radical (unpaired) electrons. The van der Waals surface area contributed by atoms with Crippen LogP contribution in [-0.4, -0.2) is 62.1 Å². The number of hydrogen-bond acceptors (Lipinski definition) is 7. The summed E-state index contributed by atoms with van der Waals surface area (Å²) in [5.74, 6) is -1.31. The van der Waals surface area contributed by atoms with E-state index in [0.29, 0.717) is 19.8 Å². The van der Waals surface area contributed by atoms with Crippen LogP contribution < -0.4 is 0 Å². The van der Waals surface area contributed by atoms with E-state index in [9.17, 15) is 0 Å². The van der Waals surface area contributed by atoms with Crippen molar-refractivity contribution in [2.75, 3.05) is 19.8 Å². The molecule has 0 N–H and O–H groups in total. The first-order valence-corrected chi connectivity index (χ1v) is 7.98. The van der Waals surface area contributed by atoms with Crippen LogP contribution in [0.3, 0.4) is 0 Å². The Kier molecular flexibility index (Phi) is 4.70. The van der Waals surface area contributed by atoms with Gasteiger partial charge in [0.1, 0.15) is 31.0 Å².